The number of fused-ring (bicyclic) bond motifs is 1. The molecule has 0 spiro atoms. The van der Waals surface area contributed by atoms with Gasteiger partial charge in [-0.05, 0) is 73.6 Å². The van der Waals surface area contributed by atoms with Crippen LogP contribution < -0.4 is 19.3 Å². The summed E-state index contributed by atoms with van der Waals surface area (Å²) in [5.41, 5.74) is 2.96. The molecule has 0 saturated carbocycles. The zero-order valence-corrected chi connectivity index (χ0v) is 19.2. The number of carboxylic acids is 1. The van der Waals surface area contributed by atoms with Gasteiger partial charge in [-0.25, -0.2) is 4.57 Å². The Hall–Kier alpha value is -3.04. The van der Waals surface area contributed by atoms with E-state index in [1.54, 1.807) is 25.4 Å². The number of aliphatic hydroxyl groups excluding tert-OH is 1. The number of aliphatic carboxylic acids is 1. The van der Waals surface area contributed by atoms with E-state index >= 15 is 0 Å². The number of aromatic nitrogens is 1. The molecular formula is C22H28N4O4S. The molecular weight excluding hydrogens is 416 g/mol. The summed E-state index contributed by atoms with van der Waals surface area (Å²) >= 11 is 1.58. The minimum absolute atomic E-state index is 0.365. The van der Waals surface area contributed by atoms with Crippen LogP contribution in [0.3, 0.4) is 0 Å². The molecule has 3 aromatic rings. The number of anilines is 1. The van der Waals surface area contributed by atoms with E-state index in [0.717, 1.165) is 45.9 Å². The molecule has 0 saturated heterocycles. The van der Waals surface area contributed by atoms with Crippen LogP contribution in [0.2, 0.25) is 0 Å². The SMILES string of the molecule is CC(=O)[O-].CCN(CC(C)O)c1ccc(N=Nc2sc3cc(OC)ccc3[n+]2C)cc1. The lowest BCUT2D eigenvalue weighted by Gasteiger charge is -2.24. The molecule has 0 aliphatic carbocycles. The number of thiazole rings is 1. The summed E-state index contributed by atoms with van der Waals surface area (Å²) in [5, 5.41) is 28.1. The molecule has 1 unspecified atom stereocenters. The topological polar surface area (TPSA) is 101 Å². The van der Waals surface area contributed by atoms with Crippen LogP contribution in [-0.2, 0) is 11.8 Å². The molecule has 0 aliphatic heterocycles. The van der Waals surface area contributed by atoms with Crippen LogP contribution in [0, 0.1) is 0 Å². The van der Waals surface area contributed by atoms with E-state index in [4.69, 9.17) is 14.6 Å². The largest absolute Gasteiger partial charge is 0.550 e. The Balaban J connectivity index is 0.000000785. The average Bonchev–Trinajstić information content (AvgIpc) is 3.05. The summed E-state index contributed by atoms with van der Waals surface area (Å²) < 4.78 is 8.42. The summed E-state index contributed by atoms with van der Waals surface area (Å²) in [6, 6.07) is 13.9. The lowest BCUT2D eigenvalue weighted by molar-refractivity contribution is -0.627. The number of aliphatic hydroxyl groups is 1. The third kappa shape index (κ3) is 7.01. The van der Waals surface area contributed by atoms with Crippen molar-refractivity contribution >= 4 is 44.0 Å². The fraction of sp³-hybridized carbons (Fsp3) is 0.364. The van der Waals surface area contributed by atoms with Crippen molar-refractivity contribution < 1.29 is 24.3 Å². The Morgan fingerprint density at radius 3 is 2.45 bits per heavy atom. The van der Waals surface area contributed by atoms with Crippen LogP contribution in [0.15, 0.2) is 52.7 Å². The number of likely N-dealkylation sites (N-methyl/N-ethyl adjacent to an activating group) is 1. The maximum Gasteiger partial charge on any atom is 0.409 e. The van der Waals surface area contributed by atoms with Crippen molar-refractivity contribution in [3.05, 3.63) is 42.5 Å². The molecule has 0 bridgehead atoms. The zero-order valence-electron chi connectivity index (χ0n) is 18.4. The van der Waals surface area contributed by atoms with E-state index in [-0.39, 0.29) is 6.10 Å². The third-order valence-corrected chi connectivity index (χ3v) is 5.43. The number of carbonyl (C=O) groups is 1. The number of hydrogen-bond acceptors (Lipinski definition) is 8. The molecule has 0 fully saturated rings. The number of azo groups is 1. The maximum absolute atomic E-state index is 9.61. The number of aryl methyl sites for hydroxylation is 1. The van der Waals surface area contributed by atoms with Crippen LogP contribution in [0.25, 0.3) is 10.2 Å². The number of rotatable bonds is 7. The standard InChI is InChI=1S/C20H25N4O2S.C2H4O2/c1-5-24(13-14(2)25)16-8-6-15(7-9-16)21-22-20-23(3)18-11-10-17(26-4)12-19(18)27-20;1-2(3)4/h6-12,14,25H,5,13H2,1-4H3;1H3,(H,3,4)/q+1;/p-1. The molecule has 9 heteroatoms. The number of carboxylic acid groups (broad SMARTS) is 1. The van der Waals surface area contributed by atoms with Crippen LogP contribution in [0.5, 0.6) is 5.75 Å². The molecule has 31 heavy (non-hydrogen) atoms. The summed E-state index contributed by atoms with van der Waals surface area (Å²) in [6.07, 6.45) is -0.365. The fourth-order valence-electron chi connectivity index (χ4n) is 2.90. The summed E-state index contributed by atoms with van der Waals surface area (Å²) in [7, 11) is 3.65. The van der Waals surface area contributed by atoms with Crippen molar-refractivity contribution in [2.24, 2.45) is 17.3 Å². The summed E-state index contributed by atoms with van der Waals surface area (Å²) in [5.74, 6) is -0.249. The Labute approximate surface area is 186 Å². The van der Waals surface area contributed by atoms with Crippen LogP contribution in [-0.4, -0.2) is 37.4 Å². The Kier molecular flexibility index (Phi) is 8.89. The predicted molar refractivity (Wildman–Crippen MR) is 120 cm³/mol. The van der Waals surface area contributed by atoms with Gasteiger partial charge >= 0.3 is 5.13 Å². The first-order chi connectivity index (χ1) is 14.7. The van der Waals surface area contributed by atoms with Gasteiger partial charge in [0.15, 0.2) is 0 Å². The van der Waals surface area contributed by atoms with Crippen LogP contribution in [0.1, 0.15) is 20.8 Å². The van der Waals surface area contributed by atoms with Crippen molar-refractivity contribution in [2.75, 3.05) is 25.1 Å². The second-order valence-electron chi connectivity index (χ2n) is 6.87. The molecule has 8 nitrogen and oxygen atoms in total. The zero-order chi connectivity index (χ0) is 23.0. The first kappa shape index (κ1) is 24.2. The average molecular weight is 445 g/mol. The van der Waals surface area contributed by atoms with E-state index < -0.39 is 5.97 Å². The van der Waals surface area contributed by atoms with Crippen molar-refractivity contribution in [1.82, 2.24) is 0 Å². The molecule has 1 N–H and O–H groups in total. The van der Waals surface area contributed by atoms with Crippen molar-refractivity contribution in [3.63, 3.8) is 0 Å². The Bertz CT molecular complexity index is 1030. The smallest absolute Gasteiger partial charge is 0.409 e. The normalized spacial score (nSPS) is 11.8. The van der Waals surface area contributed by atoms with Gasteiger partial charge in [-0.15, -0.1) is 0 Å². The van der Waals surface area contributed by atoms with Gasteiger partial charge < -0.3 is 24.6 Å². The quantitative estimate of drug-likeness (QED) is 0.446. The number of methoxy groups -OCH3 is 1. The first-order valence-corrected chi connectivity index (χ1v) is 10.7. The van der Waals surface area contributed by atoms with Gasteiger partial charge in [-0.3, -0.25) is 0 Å². The van der Waals surface area contributed by atoms with Gasteiger partial charge in [-0.2, -0.15) is 0 Å². The lowest BCUT2D eigenvalue weighted by atomic mass is 10.2. The van der Waals surface area contributed by atoms with Gasteiger partial charge in [0, 0.05) is 30.8 Å². The van der Waals surface area contributed by atoms with E-state index in [9.17, 15) is 5.11 Å². The highest BCUT2D eigenvalue weighted by molar-refractivity contribution is 7.21. The Morgan fingerprint density at radius 2 is 1.90 bits per heavy atom. The lowest BCUT2D eigenvalue weighted by Crippen LogP contribution is -2.30. The van der Waals surface area contributed by atoms with E-state index in [0.29, 0.717) is 6.54 Å². The number of ether oxygens (including phenoxy) is 1. The fourth-order valence-corrected chi connectivity index (χ4v) is 3.90. The van der Waals surface area contributed by atoms with Gasteiger partial charge in [0.2, 0.25) is 0 Å². The molecule has 0 aliphatic rings. The van der Waals surface area contributed by atoms with Crippen molar-refractivity contribution in [1.29, 1.82) is 0 Å². The van der Waals surface area contributed by atoms with Gasteiger partial charge in [0.25, 0.3) is 0 Å². The molecule has 1 aromatic heterocycles. The van der Waals surface area contributed by atoms with Crippen LogP contribution >= 0.6 is 11.3 Å². The minimum Gasteiger partial charge on any atom is -0.550 e. The number of carbonyl (C=O) groups excluding carboxylic acids is 1. The predicted octanol–water partition coefficient (Wildman–Crippen LogP) is 3.11. The minimum atomic E-state index is -1.08. The molecule has 166 valence electrons. The van der Waals surface area contributed by atoms with Gasteiger partial charge in [0.05, 0.1) is 30.1 Å². The first-order valence-electron chi connectivity index (χ1n) is 9.84. The Morgan fingerprint density at radius 1 is 1.26 bits per heavy atom. The maximum atomic E-state index is 9.61. The molecule has 0 radical (unpaired) electrons. The second-order valence-corrected chi connectivity index (χ2v) is 7.88. The molecule has 1 atom stereocenters. The molecule has 1 heterocycles. The summed E-state index contributed by atoms with van der Waals surface area (Å²) in [4.78, 5) is 11.0. The number of benzene rings is 2. The van der Waals surface area contributed by atoms with E-state index in [1.807, 2.05) is 54.1 Å². The van der Waals surface area contributed by atoms with Crippen LogP contribution in [0.4, 0.5) is 16.5 Å². The number of nitrogens with zero attached hydrogens (tertiary/aromatic N) is 4. The second kappa shape index (κ2) is 11.4. The van der Waals surface area contributed by atoms with Crippen molar-refractivity contribution in [2.45, 2.75) is 26.9 Å². The molecule has 3 rings (SSSR count). The highest BCUT2D eigenvalue weighted by Gasteiger charge is 2.16. The van der Waals surface area contributed by atoms with Gasteiger partial charge in [0.1, 0.15) is 17.0 Å². The van der Waals surface area contributed by atoms with E-state index in [1.165, 1.54) is 0 Å². The highest BCUT2D eigenvalue weighted by atomic mass is 32.1. The highest BCUT2D eigenvalue weighted by Crippen LogP contribution is 2.30. The third-order valence-electron chi connectivity index (χ3n) is 4.35. The monoisotopic (exact) mass is 444 g/mol. The molecule has 2 aromatic carbocycles. The number of hydrogen-bond donors (Lipinski definition) is 1. The van der Waals surface area contributed by atoms with Gasteiger partial charge in [-0.1, -0.05) is 0 Å². The molecule has 0 amide bonds. The van der Waals surface area contributed by atoms with E-state index in [2.05, 4.69) is 22.1 Å². The van der Waals surface area contributed by atoms with Crippen molar-refractivity contribution in [3.8, 4) is 5.75 Å². The summed E-state index contributed by atoms with van der Waals surface area (Å²) in [6.45, 7) is 6.30.